The third kappa shape index (κ3) is 2.20. The van der Waals surface area contributed by atoms with Crippen molar-refractivity contribution in [2.75, 3.05) is 6.54 Å². The first-order valence-electron chi connectivity index (χ1n) is 7.58. The van der Waals surface area contributed by atoms with Crippen molar-refractivity contribution in [1.29, 1.82) is 0 Å². The second-order valence-corrected chi connectivity index (χ2v) is 7.75. The summed E-state index contributed by atoms with van der Waals surface area (Å²) in [4.78, 5) is 11.7. The van der Waals surface area contributed by atoms with Crippen molar-refractivity contribution in [3.63, 3.8) is 0 Å². The van der Waals surface area contributed by atoms with Gasteiger partial charge in [0.25, 0.3) is 0 Å². The molecule has 0 amide bonds. The van der Waals surface area contributed by atoms with Gasteiger partial charge < -0.3 is 4.42 Å². The van der Waals surface area contributed by atoms with Gasteiger partial charge in [-0.25, -0.2) is 13.2 Å². The molecule has 1 fully saturated rings. The van der Waals surface area contributed by atoms with Gasteiger partial charge in [0.1, 0.15) is 0 Å². The van der Waals surface area contributed by atoms with E-state index >= 15 is 0 Å². The van der Waals surface area contributed by atoms with Gasteiger partial charge in [0.15, 0.2) is 5.58 Å². The minimum Gasteiger partial charge on any atom is -0.408 e. The van der Waals surface area contributed by atoms with Crippen LogP contribution in [0.3, 0.4) is 0 Å². The Labute approximate surface area is 137 Å². The summed E-state index contributed by atoms with van der Waals surface area (Å²) < 4.78 is 34.0. The van der Waals surface area contributed by atoms with E-state index in [0.29, 0.717) is 12.1 Å². The van der Waals surface area contributed by atoms with Crippen LogP contribution in [0.5, 0.6) is 0 Å². The molecule has 0 spiro atoms. The molecule has 0 bridgehead atoms. The van der Waals surface area contributed by atoms with E-state index in [2.05, 4.69) is 10.2 Å². The highest BCUT2D eigenvalue weighted by Crippen LogP contribution is 2.36. The molecule has 0 radical (unpaired) electrons. The number of benzene rings is 1. The second kappa shape index (κ2) is 5.32. The Morgan fingerprint density at radius 1 is 1.38 bits per heavy atom. The summed E-state index contributed by atoms with van der Waals surface area (Å²) in [6.45, 7) is 0.453. The molecule has 4 rings (SSSR count). The Bertz CT molecular complexity index is 1050. The Hall–Kier alpha value is -2.39. The van der Waals surface area contributed by atoms with Crippen LogP contribution in [0.1, 0.15) is 24.4 Å². The maximum absolute atomic E-state index is 13.0. The number of sulfonamides is 1. The van der Waals surface area contributed by atoms with Gasteiger partial charge in [0.2, 0.25) is 10.0 Å². The lowest BCUT2D eigenvalue weighted by molar-refractivity contribution is 0.396. The summed E-state index contributed by atoms with van der Waals surface area (Å²) in [5.74, 6) is -0.517. The molecule has 3 heterocycles. The molecule has 1 aliphatic rings. The van der Waals surface area contributed by atoms with Gasteiger partial charge in [-0.05, 0) is 25.0 Å². The third-order valence-electron chi connectivity index (χ3n) is 4.48. The maximum atomic E-state index is 13.0. The summed E-state index contributed by atoms with van der Waals surface area (Å²) in [5.41, 5.74) is 1.68. The van der Waals surface area contributed by atoms with E-state index in [1.54, 1.807) is 25.5 Å². The number of oxazole rings is 1. The van der Waals surface area contributed by atoms with E-state index in [1.807, 2.05) is 0 Å². The van der Waals surface area contributed by atoms with Gasteiger partial charge in [-0.2, -0.15) is 9.40 Å². The predicted molar refractivity (Wildman–Crippen MR) is 85.9 cm³/mol. The van der Waals surface area contributed by atoms with Crippen LogP contribution >= 0.6 is 0 Å². The molecule has 0 aliphatic carbocycles. The summed E-state index contributed by atoms with van der Waals surface area (Å²) in [5, 5.41) is 6.64. The Morgan fingerprint density at radius 3 is 2.96 bits per heavy atom. The molecule has 126 valence electrons. The van der Waals surface area contributed by atoms with Crippen LogP contribution < -0.4 is 5.76 Å². The van der Waals surface area contributed by atoms with Gasteiger partial charge in [-0.3, -0.25) is 9.67 Å². The topological polar surface area (TPSA) is 101 Å². The first-order chi connectivity index (χ1) is 11.5. The Kier molecular flexibility index (Phi) is 3.36. The third-order valence-corrected chi connectivity index (χ3v) is 6.38. The molecule has 0 unspecified atom stereocenters. The molecule has 1 aliphatic heterocycles. The quantitative estimate of drug-likeness (QED) is 0.770. The second-order valence-electron chi connectivity index (χ2n) is 5.86. The fourth-order valence-electron chi connectivity index (χ4n) is 3.21. The minimum atomic E-state index is -3.69. The number of aromatic nitrogens is 3. The van der Waals surface area contributed by atoms with E-state index in [0.717, 1.165) is 18.4 Å². The first-order valence-corrected chi connectivity index (χ1v) is 9.02. The van der Waals surface area contributed by atoms with Gasteiger partial charge in [-0.15, -0.1) is 0 Å². The van der Waals surface area contributed by atoms with Crippen molar-refractivity contribution >= 4 is 21.1 Å². The fraction of sp³-hybridized carbons (Fsp3) is 0.333. The number of H-pyrrole nitrogens is 1. The highest BCUT2D eigenvalue weighted by molar-refractivity contribution is 7.89. The van der Waals surface area contributed by atoms with Crippen molar-refractivity contribution in [2.24, 2.45) is 7.05 Å². The lowest BCUT2D eigenvalue weighted by atomic mass is 10.1. The summed E-state index contributed by atoms with van der Waals surface area (Å²) in [6.07, 6.45) is 4.91. The number of nitrogens with zero attached hydrogens (tertiary/aromatic N) is 3. The Balaban J connectivity index is 1.78. The van der Waals surface area contributed by atoms with E-state index < -0.39 is 15.8 Å². The van der Waals surface area contributed by atoms with Crippen LogP contribution in [0.15, 0.2) is 44.7 Å². The SMILES string of the molecule is Cn1c(=O)oc2cc(S(=O)(=O)N3CCC[C@H]3c3cn[nH]c3)ccc21. The van der Waals surface area contributed by atoms with Crippen molar-refractivity contribution in [3.8, 4) is 0 Å². The van der Waals surface area contributed by atoms with Crippen LogP contribution in [0.25, 0.3) is 11.1 Å². The predicted octanol–water partition coefficient (Wildman–Crippen LogP) is 1.38. The lowest BCUT2D eigenvalue weighted by Crippen LogP contribution is -2.30. The number of hydrogen-bond donors (Lipinski definition) is 1. The number of aromatic amines is 1. The molecule has 2 aromatic heterocycles. The molecular weight excluding hydrogens is 332 g/mol. The van der Waals surface area contributed by atoms with Crippen LogP contribution in [-0.4, -0.2) is 34.0 Å². The molecule has 3 aromatic rings. The van der Waals surface area contributed by atoms with Crippen LogP contribution in [-0.2, 0) is 17.1 Å². The number of fused-ring (bicyclic) bond motifs is 1. The Morgan fingerprint density at radius 2 is 2.21 bits per heavy atom. The number of nitrogens with one attached hydrogen (secondary N) is 1. The normalized spacial score (nSPS) is 19.3. The van der Waals surface area contributed by atoms with Crippen LogP contribution in [0.4, 0.5) is 0 Å². The van der Waals surface area contributed by atoms with E-state index in [1.165, 1.54) is 21.0 Å². The molecular formula is C15H16N4O4S. The zero-order valence-corrected chi connectivity index (χ0v) is 13.8. The van der Waals surface area contributed by atoms with E-state index in [9.17, 15) is 13.2 Å². The molecule has 24 heavy (non-hydrogen) atoms. The van der Waals surface area contributed by atoms with Crippen molar-refractivity contribution < 1.29 is 12.8 Å². The van der Waals surface area contributed by atoms with Crippen molar-refractivity contribution in [1.82, 2.24) is 19.1 Å². The van der Waals surface area contributed by atoms with Gasteiger partial charge >= 0.3 is 5.76 Å². The average molecular weight is 348 g/mol. The summed E-state index contributed by atoms with van der Waals surface area (Å²) >= 11 is 0. The maximum Gasteiger partial charge on any atom is 0.419 e. The highest BCUT2D eigenvalue weighted by Gasteiger charge is 2.36. The largest absolute Gasteiger partial charge is 0.419 e. The zero-order chi connectivity index (χ0) is 16.9. The molecule has 1 atom stereocenters. The molecule has 1 N–H and O–H groups in total. The summed E-state index contributed by atoms with van der Waals surface area (Å²) in [7, 11) is -2.11. The standard InChI is InChI=1S/C15H16N4O4S/c1-18-13-5-4-11(7-14(13)23-15(18)20)24(21,22)19-6-2-3-12(19)10-8-16-17-9-10/h4-5,7-9,12H,2-3,6H2,1H3,(H,16,17)/t12-/m0/s1. The van der Waals surface area contributed by atoms with Crippen molar-refractivity contribution in [2.45, 2.75) is 23.8 Å². The zero-order valence-electron chi connectivity index (χ0n) is 13.0. The minimum absolute atomic E-state index is 0.125. The van der Waals surface area contributed by atoms with Crippen molar-refractivity contribution in [3.05, 3.63) is 46.7 Å². The van der Waals surface area contributed by atoms with Gasteiger partial charge in [0.05, 0.1) is 22.7 Å². The number of hydrogen-bond acceptors (Lipinski definition) is 5. The monoisotopic (exact) mass is 348 g/mol. The van der Waals surface area contributed by atoms with Crippen LogP contribution in [0, 0.1) is 0 Å². The first kappa shape index (κ1) is 15.2. The average Bonchev–Trinajstić information content (AvgIpc) is 3.28. The number of aryl methyl sites for hydroxylation is 1. The van der Waals surface area contributed by atoms with Gasteiger partial charge in [-0.1, -0.05) is 0 Å². The smallest absolute Gasteiger partial charge is 0.408 e. The van der Waals surface area contributed by atoms with Crippen LogP contribution in [0.2, 0.25) is 0 Å². The molecule has 1 aromatic carbocycles. The van der Waals surface area contributed by atoms with Gasteiger partial charge in [0, 0.05) is 31.4 Å². The van der Waals surface area contributed by atoms with E-state index in [4.69, 9.17) is 4.42 Å². The summed E-state index contributed by atoms with van der Waals surface area (Å²) in [6, 6.07) is 4.29. The molecule has 8 nitrogen and oxygen atoms in total. The number of rotatable bonds is 3. The lowest BCUT2D eigenvalue weighted by Gasteiger charge is -2.23. The molecule has 1 saturated heterocycles. The molecule has 9 heteroatoms. The fourth-order valence-corrected chi connectivity index (χ4v) is 4.91. The highest BCUT2D eigenvalue weighted by atomic mass is 32.2. The molecule has 0 saturated carbocycles. The van der Waals surface area contributed by atoms with E-state index in [-0.39, 0.29) is 16.5 Å².